The number of ether oxygens (including phenoxy) is 3. The lowest BCUT2D eigenvalue weighted by atomic mass is 10.1. The Balaban J connectivity index is 1.20. The van der Waals surface area contributed by atoms with E-state index < -0.39 is 0 Å². The van der Waals surface area contributed by atoms with E-state index in [-0.39, 0.29) is 24.1 Å². The van der Waals surface area contributed by atoms with Crippen LogP contribution in [0.25, 0.3) is 0 Å². The summed E-state index contributed by atoms with van der Waals surface area (Å²) >= 11 is 0. The lowest BCUT2D eigenvalue weighted by Gasteiger charge is -2.27. The Labute approximate surface area is 234 Å². The van der Waals surface area contributed by atoms with Crippen LogP contribution in [-0.4, -0.2) is 62.4 Å². The summed E-state index contributed by atoms with van der Waals surface area (Å²) in [5, 5.41) is 2.82. The van der Waals surface area contributed by atoms with Crippen LogP contribution in [0.3, 0.4) is 0 Å². The molecule has 208 valence electrons. The third-order valence-electron chi connectivity index (χ3n) is 7.91. The van der Waals surface area contributed by atoms with Crippen molar-refractivity contribution < 1.29 is 23.8 Å². The Kier molecular flexibility index (Phi) is 7.60. The van der Waals surface area contributed by atoms with Crippen LogP contribution in [0, 0.1) is 0 Å². The molecule has 3 amide bonds. The maximum atomic E-state index is 13.8. The quantitative estimate of drug-likeness (QED) is 0.429. The molecule has 2 saturated heterocycles. The van der Waals surface area contributed by atoms with Crippen molar-refractivity contribution in [2.75, 3.05) is 38.3 Å². The number of nitrogens with one attached hydrogen (secondary N) is 1. The maximum Gasteiger partial charge on any atom is 0.321 e. The number of urea groups is 1. The molecule has 0 saturated carbocycles. The van der Waals surface area contributed by atoms with E-state index in [9.17, 15) is 9.59 Å². The monoisotopic (exact) mass is 541 g/mol. The predicted molar refractivity (Wildman–Crippen MR) is 152 cm³/mol. The molecule has 8 heteroatoms. The number of carbonyl (C=O) groups is 2. The van der Waals surface area contributed by atoms with Crippen LogP contribution in [-0.2, 0) is 24.1 Å². The Morgan fingerprint density at radius 3 is 2.58 bits per heavy atom. The summed E-state index contributed by atoms with van der Waals surface area (Å²) in [5.74, 6) is 1.26. The van der Waals surface area contributed by atoms with Crippen molar-refractivity contribution in [3.05, 3.63) is 89.0 Å². The van der Waals surface area contributed by atoms with Crippen LogP contribution in [0.4, 0.5) is 10.5 Å². The van der Waals surface area contributed by atoms with Crippen LogP contribution in [0.5, 0.6) is 11.5 Å². The van der Waals surface area contributed by atoms with Crippen molar-refractivity contribution >= 4 is 17.6 Å². The largest absolute Gasteiger partial charge is 0.493 e. The second-order valence-corrected chi connectivity index (χ2v) is 10.7. The lowest BCUT2D eigenvalue weighted by molar-refractivity contribution is 0.0507. The van der Waals surface area contributed by atoms with Crippen molar-refractivity contribution in [2.24, 2.45) is 0 Å². The van der Waals surface area contributed by atoms with E-state index in [1.807, 2.05) is 35.2 Å². The lowest BCUT2D eigenvalue weighted by Crippen LogP contribution is -2.37. The molecule has 1 atom stereocenters. The summed E-state index contributed by atoms with van der Waals surface area (Å²) in [6, 6.07) is 21.5. The van der Waals surface area contributed by atoms with Crippen LogP contribution < -0.4 is 19.7 Å². The van der Waals surface area contributed by atoms with Gasteiger partial charge in [0.25, 0.3) is 5.91 Å². The fourth-order valence-corrected chi connectivity index (χ4v) is 5.87. The van der Waals surface area contributed by atoms with Gasteiger partial charge in [-0.2, -0.15) is 0 Å². The molecule has 8 nitrogen and oxygen atoms in total. The third kappa shape index (κ3) is 5.63. The van der Waals surface area contributed by atoms with Gasteiger partial charge in [0.15, 0.2) is 11.5 Å². The van der Waals surface area contributed by atoms with Crippen LogP contribution in [0.2, 0.25) is 0 Å². The topological polar surface area (TPSA) is 80.3 Å². The SMILES string of the molecule is COc1cc(CN(CC2CCCO2)C(=O)c2cccc(N3CCNC3=O)c2)ccc1OC1Cc2ccccc2C1. The first kappa shape index (κ1) is 26.2. The number of anilines is 1. The number of benzene rings is 3. The van der Waals surface area contributed by atoms with Gasteiger partial charge in [0.2, 0.25) is 0 Å². The van der Waals surface area contributed by atoms with E-state index in [2.05, 4.69) is 29.6 Å². The molecule has 0 spiro atoms. The number of amides is 3. The van der Waals surface area contributed by atoms with E-state index >= 15 is 0 Å². The number of nitrogens with zero attached hydrogens (tertiary/aromatic N) is 2. The summed E-state index contributed by atoms with van der Waals surface area (Å²) in [5.41, 5.74) is 4.88. The molecule has 1 aliphatic carbocycles. The summed E-state index contributed by atoms with van der Waals surface area (Å²) in [6.07, 6.45) is 3.75. The Hall–Kier alpha value is -4.04. The van der Waals surface area contributed by atoms with Gasteiger partial charge in [-0.3, -0.25) is 9.69 Å². The van der Waals surface area contributed by atoms with Gasteiger partial charge in [0, 0.05) is 56.9 Å². The number of rotatable bonds is 9. The Bertz CT molecular complexity index is 1360. The minimum absolute atomic E-state index is 0.00462. The second-order valence-electron chi connectivity index (χ2n) is 10.7. The molecule has 3 aromatic carbocycles. The van der Waals surface area contributed by atoms with Gasteiger partial charge < -0.3 is 24.4 Å². The molecule has 2 aliphatic heterocycles. The van der Waals surface area contributed by atoms with Gasteiger partial charge in [-0.05, 0) is 59.9 Å². The maximum absolute atomic E-state index is 13.8. The predicted octanol–water partition coefficient (Wildman–Crippen LogP) is 4.59. The van der Waals surface area contributed by atoms with Gasteiger partial charge in [0.05, 0.1) is 13.2 Å². The molecule has 0 bridgehead atoms. The molecule has 0 radical (unpaired) electrons. The third-order valence-corrected chi connectivity index (χ3v) is 7.91. The first-order chi connectivity index (χ1) is 19.6. The van der Waals surface area contributed by atoms with Gasteiger partial charge in [-0.25, -0.2) is 4.79 Å². The van der Waals surface area contributed by atoms with Crippen LogP contribution in [0.15, 0.2) is 66.7 Å². The van der Waals surface area contributed by atoms with E-state index in [1.165, 1.54) is 11.1 Å². The van der Waals surface area contributed by atoms with Crippen LogP contribution in [0.1, 0.15) is 39.9 Å². The van der Waals surface area contributed by atoms with E-state index in [0.717, 1.165) is 43.5 Å². The van der Waals surface area contributed by atoms with Crippen molar-refractivity contribution in [2.45, 2.75) is 44.4 Å². The summed E-state index contributed by atoms with van der Waals surface area (Å²) in [4.78, 5) is 29.5. The highest BCUT2D eigenvalue weighted by Gasteiger charge is 2.27. The number of hydrogen-bond donors (Lipinski definition) is 1. The van der Waals surface area contributed by atoms with Gasteiger partial charge in [-0.15, -0.1) is 0 Å². The summed E-state index contributed by atoms with van der Waals surface area (Å²) in [6.45, 7) is 2.79. The first-order valence-electron chi connectivity index (χ1n) is 14.0. The molecule has 1 unspecified atom stereocenters. The first-order valence-corrected chi connectivity index (χ1v) is 14.0. The molecule has 3 aromatic rings. The van der Waals surface area contributed by atoms with E-state index in [1.54, 1.807) is 24.1 Å². The minimum atomic E-state index is -0.142. The van der Waals surface area contributed by atoms with Gasteiger partial charge >= 0.3 is 6.03 Å². The van der Waals surface area contributed by atoms with Crippen LogP contribution >= 0.6 is 0 Å². The van der Waals surface area contributed by atoms with Gasteiger partial charge in [0.1, 0.15) is 6.10 Å². The average Bonchev–Trinajstić information content (AvgIpc) is 3.74. The normalized spacial score (nSPS) is 18.5. The molecule has 1 N–H and O–H groups in total. The fourth-order valence-electron chi connectivity index (χ4n) is 5.87. The smallest absolute Gasteiger partial charge is 0.321 e. The van der Waals surface area contributed by atoms with Crippen molar-refractivity contribution in [1.29, 1.82) is 0 Å². The molecular formula is C32H35N3O5. The fraction of sp³-hybridized carbons (Fsp3) is 0.375. The average molecular weight is 542 g/mol. The molecule has 40 heavy (non-hydrogen) atoms. The zero-order chi connectivity index (χ0) is 27.5. The highest BCUT2D eigenvalue weighted by atomic mass is 16.5. The molecule has 3 aliphatic rings. The molecular weight excluding hydrogens is 506 g/mol. The van der Waals surface area contributed by atoms with Crippen molar-refractivity contribution in [3.63, 3.8) is 0 Å². The molecule has 0 aromatic heterocycles. The summed E-state index contributed by atoms with van der Waals surface area (Å²) < 4.78 is 18.0. The highest BCUT2D eigenvalue weighted by molar-refractivity contribution is 5.98. The van der Waals surface area contributed by atoms with Crippen molar-refractivity contribution in [3.8, 4) is 11.5 Å². The molecule has 2 fully saturated rings. The standard InChI is InChI=1S/C32H35N3O5/c1-38-30-16-22(11-12-29(30)40-28-18-23-6-2-3-7-24(23)19-28)20-34(21-27-10-5-15-39-27)31(36)25-8-4-9-26(17-25)35-14-13-33-32(35)37/h2-4,6-9,11-12,16-17,27-28H,5,10,13-15,18-21H2,1H3,(H,33,37). The zero-order valence-electron chi connectivity index (χ0n) is 22.8. The van der Waals surface area contributed by atoms with Crippen molar-refractivity contribution in [1.82, 2.24) is 10.2 Å². The Morgan fingerprint density at radius 1 is 1.05 bits per heavy atom. The second kappa shape index (κ2) is 11.6. The van der Waals surface area contributed by atoms with E-state index in [4.69, 9.17) is 14.2 Å². The molecule has 2 heterocycles. The van der Waals surface area contributed by atoms with Gasteiger partial charge in [-0.1, -0.05) is 36.4 Å². The molecule has 6 rings (SSSR count). The highest BCUT2D eigenvalue weighted by Crippen LogP contribution is 2.33. The number of methoxy groups -OCH3 is 1. The number of fused-ring (bicyclic) bond motifs is 1. The van der Waals surface area contributed by atoms with E-state index in [0.29, 0.717) is 43.2 Å². The zero-order valence-corrected chi connectivity index (χ0v) is 22.8. The number of carbonyl (C=O) groups excluding carboxylic acids is 2. The number of hydrogen-bond acceptors (Lipinski definition) is 5. The summed E-state index contributed by atoms with van der Waals surface area (Å²) in [7, 11) is 1.64. The Morgan fingerprint density at radius 2 is 1.88 bits per heavy atom. The minimum Gasteiger partial charge on any atom is -0.493 e.